The maximum Gasteiger partial charge on any atom is 0.253 e. The van der Waals surface area contributed by atoms with Crippen molar-refractivity contribution in [2.45, 2.75) is 33.2 Å². The van der Waals surface area contributed by atoms with Gasteiger partial charge in [0.1, 0.15) is 0 Å². The predicted octanol–water partition coefficient (Wildman–Crippen LogP) is 5.79. The normalized spacial score (nSPS) is 16.5. The molecule has 30 heavy (non-hydrogen) atoms. The Morgan fingerprint density at radius 1 is 1.30 bits per heavy atom. The van der Waals surface area contributed by atoms with Crippen molar-refractivity contribution in [2.24, 2.45) is 5.92 Å². The molecule has 1 unspecified atom stereocenters. The first kappa shape index (κ1) is 20.5. The van der Waals surface area contributed by atoms with Gasteiger partial charge in [-0.05, 0) is 61.6 Å². The number of carbonyl (C=O) groups is 1. The van der Waals surface area contributed by atoms with Gasteiger partial charge in [-0.15, -0.1) is 0 Å². The van der Waals surface area contributed by atoms with E-state index in [2.05, 4.69) is 17.2 Å². The number of nitrogens with zero attached hydrogens (tertiary/aromatic N) is 2. The second-order valence-corrected chi connectivity index (χ2v) is 8.45. The second kappa shape index (κ2) is 8.92. The van der Waals surface area contributed by atoms with Gasteiger partial charge in [-0.1, -0.05) is 30.7 Å². The van der Waals surface area contributed by atoms with Gasteiger partial charge in [0, 0.05) is 34.9 Å². The number of anilines is 1. The summed E-state index contributed by atoms with van der Waals surface area (Å²) < 4.78 is 5.84. The molecule has 2 aromatic carbocycles. The number of oxazole rings is 1. The summed E-state index contributed by atoms with van der Waals surface area (Å²) in [4.78, 5) is 19.1. The smallest absolute Gasteiger partial charge is 0.253 e. The van der Waals surface area contributed by atoms with Crippen molar-refractivity contribution in [3.8, 4) is 11.3 Å². The number of hydrogen-bond donors (Lipinski definition) is 1. The van der Waals surface area contributed by atoms with Gasteiger partial charge in [0.25, 0.3) is 5.91 Å². The minimum atomic E-state index is 0.120. The molecule has 0 aliphatic carbocycles. The largest absolute Gasteiger partial charge is 0.439 e. The van der Waals surface area contributed by atoms with Gasteiger partial charge in [-0.25, -0.2) is 4.98 Å². The van der Waals surface area contributed by atoms with E-state index in [0.717, 1.165) is 41.9 Å². The molecule has 0 bridgehead atoms. The first-order chi connectivity index (χ1) is 14.5. The van der Waals surface area contributed by atoms with E-state index in [1.165, 1.54) is 6.42 Å². The minimum absolute atomic E-state index is 0.120. The Kier molecular flexibility index (Phi) is 6.09. The summed E-state index contributed by atoms with van der Waals surface area (Å²) in [5.74, 6) is 1.96. The Bertz CT molecular complexity index is 1050. The molecule has 0 radical (unpaired) electrons. The lowest BCUT2D eigenvalue weighted by Gasteiger charge is -2.31. The van der Waals surface area contributed by atoms with E-state index in [1.54, 1.807) is 6.20 Å². The number of benzene rings is 2. The molecule has 0 spiro atoms. The van der Waals surface area contributed by atoms with Gasteiger partial charge in [0.2, 0.25) is 5.89 Å². The fourth-order valence-corrected chi connectivity index (χ4v) is 4.08. The number of nitrogens with one attached hydrogen (secondary N) is 1. The highest BCUT2D eigenvalue weighted by Crippen LogP contribution is 2.25. The highest BCUT2D eigenvalue weighted by Gasteiger charge is 2.22. The molecular weight excluding hydrogens is 398 g/mol. The summed E-state index contributed by atoms with van der Waals surface area (Å²) in [7, 11) is 0. The monoisotopic (exact) mass is 423 g/mol. The fraction of sp³-hybridized carbons (Fsp3) is 0.333. The van der Waals surface area contributed by atoms with Gasteiger partial charge in [-0.3, -0.25) is 4.79 Å². The molecule has 156 valence electrons. The van der Waals surface area contributed by atoms with E-state index >= 15 is 0 Å². The Hall–Kier alpha value is -2.79. The van der Waals surface area contributed by atoms with Crippen LogP contribution in [0.3, 0.4) is 0 Å². The van der Waals surface area contributed by atoms with E-state index in [4.69, 9.17) is 16.0 Å². The third-order valence-corrected chi connectivity index (χ3v) is 5.75. The van der Waals surface area contributed by atoms with E-state index < -0.39 is 0 Å². The molecule has 4 rings (SSSR count). The van der Waals surface area contributed by atoms with Crippen LogP contribution < -0.4 is 5.32 Å². The van der Waals surface area contributed by atoms with E-state index in [0.29, 0.717) is 29.1 Å². The van der Waals surface area contributed by atoms with Gasteiger partial charge >= 0.3 is 0 Å². The van der Waals surface area contributed by atoms with E-state index in [-0.39, 0.29) is 5.91 Å². The van der Waals surface area contributed by atoms with Gasteiger partial charge in [-0.2, -0.15) is 0 Å². The predicted molar refractivity (Wildman–Crippen MR) is 120 cm³/mol. The molecule has 1 aliphatic heterocycles. The van der Waals surface area contributed by atoms with Crippen molar-refractivity contribution >= 4 is 23.2 Å². The van der Waals surface area contributed by atoms with Crippen LogP contribution in [0.4, 0.5) is 5.69 Å². The zero-order valence-corrected chi connectivity index (χ0v) is 18.1. The van der Waals surface area contributed by atoms with Crippen LogP contribution in [0.15, 0.2) is 53.1 Å². The summed E-state index contributed by atoms with van der Waals surface area (Å²) in [6.07, 6.45) is 3.99. The summed E-state index contributed by atoms with van der Waals surface area (Å²) in [6.45, 7) is 6.36. The standard InChI is InChI=1S/C24H26ClN3O2/c1-16-5-4-10-28(15-16)24(29)19-8-9-21(17(2)11-19)26-14-23-27-13-22(30-23)18-6-3-7-20(25)12-18/h3,6-9,11-13,16,26H,4-5,10,14-15H2,1-2H3. The van der Waals surface area contributed by atoms with Gasteiger partial charge < -0.3 is 14.6 Å². The Balaban J connectivity index is 1.40. The quantitative estimate of drug-likeness (QED) is 0.564. The van der Waals surface area contributed by atoms with Crippen molar-refractivity contribution in [3.63, 3.8) is 0 Å². The average molecular weight is 424 g/mol. The number of carbonyl (C=O) groups excluding carboxylic acids is 1. The zero-order chi connectivity index (χ0) is 21.1. The SMILES string of the molecule is Cc1cc(C(=O)N2CCCC(C)C2)ccc1NCc1ncc(-c2cccc(Cl)c2)o1. The lowest BCUT2D eigenvalue weighted by molar-refractivity contribution is 0.0683. The van der Waals surface area contributed by atoms with Crippen molar-refractivity contribution in [2.75, 3.05) is 18.4 Å². The zero-order valence-electron chi connectivity index (χ0n) is 17.3. The fourth-order valence-electron chi connectivity index (χ4n) is 3.89. The Morgan fingerprint density at radius 2 is 2.17 bits per heavy atom. The topological polar surface area (TPSA) is 58.4 Å². The van der Waals surface area contributed by atoms with Crippen LogP contribution in [0.1, 0.15) is 41.6 Å². The van der Waals surface area contributed by atoms with Crippen LogP contribution in [-0.4, -0.2) is 28.9 Å². The molecule has 6 heteroatoms. The first-order valence-electron chi connectivity index (χ1n) is 10.3. The Morgan fingerprint density at radius 3 is 2.93 bits per heavy atom. The van der Waals surface area contributed by atoms with Crippen LogP contribution >= 0.6 is 11.6 Å². The number of aromatic nitrogens is 1. The molecule has 1 N–H and O–H groups in total. The number of aryl methyl sites for hydroxylation is 1. The van der Waals surface area contributed by atoms with Crippen LogP contribution in [-0.2, 0) is 6.54 Å². The molecule has 3 aromatic rings. The summed E-state index contributed by atoms with van der Waals surface area (Å²) >= 11 is 6.05. The Labute approximate surface area is 182 Å². The van der Waals surface area contributed by atoms with E-state index in [1.807, 2.05) is 54.3 Å². The molecule has 1 saturated heterocycles. The third-order valence-electron chi connectivity index (χ3n) is 5.51. The third kappa shape index (κ3) is 4.68. The van der Waals surface area contributed by atoms with Crippen LogP contribution in [0, 0.1) is 12.8 Å². The lowest BCUT2D eigenvalue weighted by atomic mass is 9.99. The molecule has 1 fully saturated rings. The number of amides is 1. The van der Waals surface area contributed by atoms with Crippen LogP contribution in [0.2, 0.25) is 5.02 Å². The number of piperidine rings is 1. The van der Waals surface area contributed by atoms with E-state index in [9.17, 15) is 4.79 Å². The second-order valence-electron chi connectivity index (χ2n) is 8.01. The van der Waals surface area contributed by atoms with Crippen molar-refractivity contribution in [1.82, 2.24) is 9.88 Å². The molecule has 1 aliphatic rings. The molecule has 1 amide bonds. The number of rotatable bonds is 5. The highest BCUT2D eigenvalue weighted by molar-refractivity contribution is 6.30. The molecular formula is C24H26ClN3O2. The molecule has 2 heterocycles. The van der Waals surface area contributed by atoms with Crippen LogP contribution in [0.25, 0.3) is 11.3 Å². The lowest BCUT2D eigenvalue weighted by Crippen LogP contribution is -2.39. The molecule has 0 saturated carbocycles. The number of halogens is 1. The minimum Gasteiger partial charge on any atom is -0.439 e. The highest BCUT2D eigenvalue weighted by atomic mass is 35.5. The average Bonchev–Trinajstić information content (AvgIpc) is 3.21. The molecule has 1 aromatic heterocycles. The summed E-state index contributed by atoms with van der Waals surface area (Å²) in [5.41, 5.74) is 3.62. The number of hydrogen-bond acceptors (Lipinski definition) is 4. The van der Waals surface area contributed by atoms with Crippen molar-refractivity contribution in [1.29, 1.82) is 0 Å². The first-order valence-corrected chi connectivity index (χ1v) is 10.7. The maximum atomic E-state index is 12.8. The summed E-state index contributed by atoms with van der Waals surface area (Å²) in [6, 6.07) is 13.3. The van der Waals surface area contributed by atoms with Crippen LogP contribution in [0.5, 0.6) is 0 Å². The summed E-state index contributed by atoms with van der Waals surface area (Å²) in [5, 5.41) is 4.01. The molecule has 1 atom stereocenters. The maximum absolute atomic E-state index is 12.8. The van der Waals surface area contributed by atoms with Gasteiger partial charge in [0.05, 0.1) is 12.7 Å². The number of likely N-dealkylation sites (tertiary alicyclic amines) is 1. The van der Waals surface area contributed by atoms with Gasteiger partial charge in [0.15, 0.2) is 5.76 Å². The molecule has 5 nitrogen and oxygen atoms in total. The van der Waals surface area contributed by atoms with Crippen molar-refractivity contribution in [3.05, 3.63) is 70.7 Å². The van der Waals surface area contributed by atoms with Crippen molar-refractivity contribution < 1.29 is 9.21 Å².